The zero-order valence-corrected chi connectivity index (χ0v) is 21.3. The van der Waals surface area contributed by atoms with E-state index in [2.05, 4.69) is 52.3 Å². The number of rotatable bonds is 6. The van der Waals surface area contributed by atoms with Gasteiger partial charge in [-0.25, -0.2) is 14.6 Å². The monoisotopic (exact) mass is 480 g/mol. The Kier molecular flexibility index (Phi) is 6.16. The molecule has 1 fully saturated rings. The van der Waals surface area contributed by atoms with Crippen LogP contribution < -0.4 is 10.1 Å². The summed E-state index contributed by atoms with van der Waals surface area (Å²) in [4.78, 5) is 25.1. The van der Waals surface area contributed by atoms with Crippen molar-refractivity contribution in [2.45, 2.75) is 59.0 Å². The summed E-state index contributed by atoms with van der Waals surface area (Å²) in [7, 11) is 0. The Labute approximate surface area is 204 Å². The molecule has 3 aromatic rings. The molecule has 1 aromatic carbocycles. The molecular formula is C25H32N6O2S. The van der Waals surface area contributed by atoms with Crippen LogP contribution in [-0.2, 0) is 11.2 Å². The molecule has 0 aliphatic carbocycles. The lowest BCUT2D eigenvalue weighted by molar-refractivity contribution is -0.123. The SMILES string of the molecule is Cc1nc(-c2nc3c(s2)CCOc2cc(C4CN(CC(=O)NC(C)C)C4)ccc2-3)n(C(C)C)n1. The molecule has 0 radical (unpaired) electrons. The molecule has 8 nitrogen and oxygen atoms in total. The van der Waals surface area contributed by atoms with Crippen molar-refractivity contribution in [2.24, 2.45) is 0 Å². The van der Waals surface area contributed by atoms with Gasteiger partial charge in [0.05, 0.1) is 18.8 Å². The molecule has 180 valence electrons. The Morgan fingerprint density at radius 1 is 1.24 bits per heavy atom. The summed E-state index contributed by atoms with van der Waals surface area (Å²) in [6.07, 6.45) is 0.827. The van der Waals surface area contributed by atoms with Crippen LogP contribution in [0.1, 0.15) is 55.9 Å². The molecule has 2 aliphatic rings. The van der Waals surface area contributed by atoms with Crippen LogP contribution in [0, 0.1) is 6.92 Å². The number of amides is 1. The largest absolute Gasteiger partial charge is 0.492 e. The summed E-state index contributed by atoms with van der Waals surface area (Å²) in [6.45, 7) is 13.0. The highest BCUT2D eigenvalue weighted by Gasteiger charge is 2.31. The van der Waals surface area contributed by atoms with Crippen molar-refractivity contribution >= 4 is 17.2 Å². The number of benzene rings is 1. The Balaban J connectivity index is 1.36. The van der Waals surface area contributed by atoms with Crippen LogP contribution in [0.2, 0.25) is 0 Å². The van der Waals surface area contributed by atoms with Crippen LogP contribution in [0.25, 0.3) is 22.1 Å². The fraction of sp³-hybridized carbons (Fsp3) is 0.520. The van der Waals surface area contributed by atoms with Gasteiger partial charge in [-0.2, -0.15) is 5.10 Å². The molecule has 2 aromatic heterocycles. The highest BCUT2D eigenvalue weighted by Crippen LogP contribution is 2.42. The van der Waals surface area contributed by atoms with E-state index in [0.717, 1.165) is 53.2 Å². The number of aryl methyl sites for hydroxylation is 1. The third kappa shape index (κ3) is 4.46. The Morgan fingerprint density at radius 2 is 2.03 bits per heavy atom. The average Bonchev–Trinajstić information content (AvgIpc) is 3.29. The molecule has 1 saturated heterocycles. The molecule has 9 heteroatoms. The number of thiazole rings is 1. The molecule has 34 heavy (non-hydrogen) atoms. The van der Waals surface area contributed by atoms with Crippen LogP contribution in [0.4, 0.5) is 0 Å². The molecule has 0 bridgehead atoms. The second kappa shape index (κ2) is 9.11. The number of ether oxygens (including phenoxy) is 1. The fourth-order valence-corrected chi connectivity index (χ4v) is 5.64. The minimum Gasteiger partial charge on any atom is -0.492 e. The molecule has 0 atom stereocenters. The lowest BCUT2D eigenvalue weighted by Gasteiger charge is -2.39. The van der Waals surface area contributed by atoms with Crippen LogP contribution in [0.15, 0.2) is 18.2 Å². The van der Waals surface area contributed by atoms with Crippen LogP contribution in [0.3, 0.4) is 0 Å². The number of nitrogens with one attached hydrogen (secondary N) is 1. The molecule has 0 unspecified atom stereocenters. The standard InChI is InChI=1S/C25H32N6O2S/c1-14(2)26-22(32)13-30-11-18(12-30)17-6-7-19-20(10-17)33-9-8-21-23(19)28-25(34-21)24-27-16(5)29-31(24)15(3)4/h6-7,10,14-15,18H,8-9,11-13H2,1-5H3,(H,26,32). The molecule has 1 amide bonds. The first-order chi connectivity index (χ1) is 16.3. The molecule has 5 rings (SSSR count). The van der Waals surface area contributed by atoms with Crippen molar-refractivity contribution < 1.29 is 9.53 Å². The van der Waals surface area contributed by atoms with E-state index >= 15 is 0 Å². The van der Waals surface area contributed by atoms with Gasteiger partial charge in [0, 0.05) is 48.0 Å². The number of likely N-dealkylation sites (tertiary alicyclic amines) is 1. The number of carbonyl (C=O) groups is 1. The Bertz CT molecular complexity index is 1210. The minimum absolute atomic E-state index is 0.0917. The van der Waals surface area contributed by atoms with E-state index in [9.17, 15) is 4.79 Å². The third-order valence-electron chi connectivity index (χ3n) is 6.21. The summed E-state index contributed by atoms with van der Waals surface area (Å²) in [5, 5.41) is 8.43. The predicted octanol–water partition coefficient (Wildman–Crippen LogP) is 3.82. The fourth-order valence-electron chi connectivity index (χ4n) is 4.61. The highest BCUT2D eigenvalue weighted by atomic mass is 32.1. The maximum Gasteiger partial charge on any atom is 0.234 e. The third-order valence-corrected chi connectivity index (χ3v) is 7.32. The van der Waals surface area contributed by atoms with E-state index in [4.69, 9.17) is 9.72 Å². The molecule has 1 N–H and O–H groups in total. The van der Waals surface area contributed by atoms with Crippen LogP contribution in [0.5, 0.6) is 5.75 Å². The maximum atomic E-state index is 12.0. The quantitative estimate of drug-likeness (QED) is 0.577. The normalized spacial score (nSPS) is 16.1. The molecular weight excluding hydrogens is 448 g/mol. The number of carbonyl (C=O) groups excluding carboxylic acids is 1. The number of fused-ring (bicyclic) bond motifs is 3. The van der Waals surface area contributed by atoms with Gasteiger partial charge in [-0.05, 0) is 52.3 Å². The topological polar surface area (TPSA) is 85.2 Å². The molecule has 4 heterocycles. The first-order valence-corrected chi connectivity index (χ1v) is 12.8. The lowest BCUT2D eigenvalue weighted by Crippen LogP contribution is -2.50. The Morgan fingerprint density at radius 3 is 2.76 bits per heavy atom. The second-order valence-electron chi connectivity index (χ2n) is 9.78. The van der Waals surface area contributed by atoms with Gasteiger partial charge >= 0.3 is 0 Å². The van der Waals surface area contributed by atoms with E-state index in [0.29, 0.717) is 19.1 Å². The van der Waals surface area contributed by atoms with Crippen molar-refractivity contribution in [3.05, 3.63) is 34.5 Å². The number of aromatic nitrogens is 4. The van der Waals surface area contributed by atoms with Gasteiger partial charge in [-0.15, -0.1) is 11.3 Å². The summed E-state index contributed by atoms with van der Waals surface area (Å²) in [5.41, 5.74) is 3.29. The summed E-state index contributed by atoms with van der Waals surface area (Å²) < 4.78 is 8.11. The van der Waals surface area contributed by atoms with Crippen LogP contribution >= 0.6 is 11.3 Å². The minimum atomic E-state index is 0.0917. The van der Waals surface area contributed by atoms with Gasteiger partial charge in [-0.1, -0.05) is 6.07 Å². The van der Waals surface area contributed by atoms with Gasteiger partial charge < -0.3 is 10.1 Å². The van der Waals surface area contributed by atoms with Gasteiger partial charge in [0.1, 0.15) is 11.6 Å². The second-order valence-corrected chi connectivity index (χ2v) is 10.9. The van der Waals surface area contributed by atoms with E-state index in [-0.39, 0.29) is 18.0 Å². The summed E-state index contributed by atoms with van der Waals surface area (Å²) in [5.74, 6) is 3.00. The predicted molar refractivity (Wildman–Crippen MR) is 133 cm³/mol. The highest BCUT2D eigenvalue weighted by molar-refractivity contribution is 7.15. The van der Waals surface area contributed by atoms with E-state index in [1.54, 1.807) is 11.3 Å². The lowest BCUT2D eigenvalue weighted by atomic mass is 9.90. The van der Waals surface area contributed by atoms with Crippen molar-refractivity contribution in [1.29, 1.82) is 0 Å². The van der Waals surface area contributed by atoms with Gasteiger partial charge in [0.2, 0.25) is 5.91 Å². The number of nitrogens with zero attached hydrogens (tertiary/aromatic N) is 5. The van der Waals surface area contributed by atoms with Crippen molar-refractivity contribution in [2.75, 3.05) is 26.2 Å². The number of hydrogen-bond acceptors (Lipinski definition) is 7. The van der Waals surface area contributed by atoms with Gasteiger partial charge in [-0.3, -0.25) is 9.69 Å². The van der Waals surface area contributed by atoms with E-state index < -0.39 is 0 Å². The first kappa shape index (κ1) is 23.0. The molecule has 0 spiro atoms. The molecule has 2 aliphatic heterocycles. The summed E-state index contributed by atoms with van der Waals surface area (Å²) >= 11 is 1.69. The van der Waals surface area contributed by atoms with Crippen LogP contribution in [-0.4, -0.2) is 62.8 Å². The van der Waals surface area contributed by atoms with Gasteiger partial charge in [0.15, 0.2) is 10.8 Å². The first-order valence-electron chi connectivity index (χ1n) is 12.0. The zero-order valence-electron chi connectivity index (χ0n) is 20.5. The average molecular weight is 481 g/mol. The maximum absolute atomic E-state index is 12.0. The zero-order chi connectivity index (χ0) is 24.0. The van der Waals surface area contributed by atoms with E-state index in [1.165, 1.54) is 10.4 Å². The Hall–Kier alpha value is -2.78. The van der Waals surface area contributed by atoms with Crippen molar-refractivity contribution in [1.82, 2.24) is 30.0 Å². The van der Waals surface area contributed by atoms with E-state index in [1.807, 2.05) is 25.5 Å². The van der Waals surface area contributed by atoms with Crippen molar-refractivity contribution in [3.63, 3.8) is 0 Å². The smallest absolute Gasteiger partial charge is 0.234 e. The number of hydrogen-bond donors (Lipinski definition) is 1. The summed E-state index contributed by atoms with van der Waals surface area (Å²) in [6, 6.07) is 6.89. The van der Waals surface area contributed by atoms with Gasteiger partial charge in [0.25, 0.3) is 0 Å². The molecule has 0 saturated carbocycles. The van der Waals surface area contributed by atoms with Crippen molar-refractivity contribution in [3.8, 4) is 27.8 Å².